The monoisotopic (exact) mass is 334 g/mol. The lowest BCUT2D eigenvalue weighted by molar-refractivity contribution is -0.132. The van der Waals surface area contributed by atoms with Crippen molar-refractivity contribution in [2.75, 3.05) is 13.1 Å². The van der Waals surface area contributed by atoms with Crippen LogP contribution in [-0.4, -0.2) is 29.9 Å². The number of rotatable bonds is 3. The van der Waals surface area contributed by atoms with E-state index in [-0.39, 0.29) is 36.3 Å². The lowest BCUT2D eigenvalue weighted by atomic mass is 9.91. The predicted octanol–water partition coefficient (Wildman–Crippen LogP) is 3.03. The van der Waals surface area contributed by atoms with E-state index in [1.54, 1.807) is 17.0 Å². The highest BCUT2D eigenvalue weighted by Gasteiger charge is 2.25. The first-order valence-corrected chi connectivity index (χ1v) is 7.33. The van der Waals surface area contributed by atoms with Crippen LogP contribution in [0.15, 0.2) is 18.2 Å². The maximum atomic E-state index is 13.7. The van der Waals surface area contributed by atoms with Gasteiger partial charge in [-0.15, -0.1) is 12.4 Å². The Labute approximate surface area is 136 Å². The molecule has 2 N–H and O–H groups in total. The van der Waals surface area contributed by atoms with Gasteiger partial charge in [-0.25, -0.2) is 4.39 Å². The van der Waals surface area contributed by atoms with Crippen LogP contribution >= 0.6 is 24.0 Å². The van der Waals surface area contributed by atoms with Crippen LogP contribution in [0.3, 0.4) is 0 Å². The van der Waals surface area contributed by atoms with Crippen molar-refractivity contribution in [1.82, 2.24) is 4.90 Å². The third-order valence-electron chi connectivity index (χ3n) is 4.03. The number of benzene rings is 1. The molecule has 3 nitrogen and oxygen atoms in total. The fourth-order valence-electron chi connectivity index (χ4n) is 2.64. The van der Waals surface area contributed by atoms with E-state index in [1.807, 2.05) is 6.92 Å². The first kappa shape index (κ1) is 18.2. The van der Waals surface area contributed by atoms with Crippen molar-refractivity contribution in [2.24, 2.45) is 11.7 Å². The van der Waals surface area contributed by atoms with Crippen LogP contribution in [0.5, 0.6) is 0 Å². The number of amides is 1. The lowest BCUT2D eigenvalue weighted by Crippen LogP contribution is -2.43. The molecule has 0 aromatic heterocycles. The molecule has 1 aliphatic heterocycles. The Bertz CT molecular complexity index is 468. The SMILES string of the molecule is CC(N)C1CCN(C(=O)Cc2c(F)cccc2Cl)CC1.Cl. The number of carbonyl (C=O) groups excluding carboxylic acids is 1. The fourth-order valence-corrected chi connectivity index (χ4v) is 2.87. The molecule has 0 radical (unpaired) electrons. The van der Waals surface area contributed by atoms with Crippen molar-refractivity contribution >= 4 is 29.9 Å². The summed E-state index contributed by atoms with van der Waals surface area (Å²) >= 11 is 5.95. The Kier molecular flexibility index (Phi) is 6.91. The molecule has 1 heterocycles. The molecule has 21 heavy (non-hydrogen) atoms. The summed E-state index contributed by atoms with van der Waals surface area (Å²) in [5.41, 5.74) is 6.17. The van der Waals surface area contributed by atoms with Gasteiger partial charge in [-0.2, -0.15) is 0 Å². The van der Waals surface area contributed by atoms with Crippen molar-refractivity contribution in [1.29, 1.82) is 0 Å². The molecule has 1 unspecified atom stereocenters. The van der Waals surface area contributed by atoms with Crippen LogP contribution in [0.1, 0.15) is 25.3 Å². The van der Waals surface area contributed by atoms with Crippen LogP contribution in [0.25, 0.3) is 0 Å². The van der Waals surface area contributed by atoms with Crippen LogP contribution in [0, 0.1) is 11.7 Å². The molecular formula is C15H21Cl2FN2O. The standard InChI is InChI=1S/C15H20ClFN2O.ClH/c1-10(18)11-5-7-19(8-6-11)15(20)9-12-13(16)3-2-4-14(12)17;/h2-4,10-11H,5-9,18H2,1H3;1H. The van der Waals surface area contributed by atoms with Crippen molar-refractivity contribution in [3.63, 3.8) is 0 Å². The van der Waals surface area contributed by atoms with Crippen LogP contribution in [0.2, 0.25) is 5.02 Å². The highest BCUT2D eigenvalue weighted by molar-refractivity contribution is 6.31. The van der Waals surface area contributed by atoms with Crippen molar-refractivity contribution in [3.05, 3.63) is 34.6 Å². The first-order valence-electron chi connectivity index (χ1n) is 6.95. The summed E-state index contributed by atoms with van der Waals surface area (Å²) in [5.74, 6) is -0.0208. The summed E-state index contributed by atoms with van der Waals surface area (Å²) in [7, 11) is 0. The second-order valence-electron chi connectivity index (χ2n) is 5.45. The largest absolute Gasteiger partial charge is 0.342 e. The van der Waals surface area contributed by atoms with Gasteiger partial charge in [0.2, 0.25) is 5.91 Å². The third-order valence-corrected chi connectivity index (χ3v) is 4.38. The number of carbonyl (C=O) groups is 1. The molecular weight excluding hydrogens is 314 g/mol. The van der Waals surface area contributed by atoms with Crippen LogP contribution in [-0.2, 0) is 11.2 Å². The predicted molar refractivity (Wildman–Crippen MR) is 85.3 cm³/mol. The van der Waals surface area contributed by atoms with Gasteiger partial charge in [-0.3, -0.25) is 4.79 Å². The number of nitrogens with two attached hydrogens (primary N) is 1. The molecule has 1 saturated heterocycles. The zero-order chi connectivity index (χ0) is 14.7. The first-order chi connectivity index (χ1) is 9.49. The molecule has 0 aliphatic carbocycles. The Morgan fingerprint density at radius 1 is 1.48 bits per heavy atom. The minimum Gasteiger partial charge on any atom is -0.342 e. The van der Waals surface area contributed by atoms with E-state index in [0.29, 0.717) is 24.0 Å². The van der Waals surface area contributed by atoms with E-state index in [2.05, 4.69) is 0 Å². The van der Waals surface area contributed by atoms with Crippen molar-refractivity contribution in [2.45, 2.75) is 32.2 Å². The zero-order valence-electron chi connectivity index (χ0n) is 12.0. The molecule has 1 atom stereocenters. The molecule has 1 aliphatic rings. The summed E-state index contributed by atoms with van der Waals surface area (Å²) in [6.45, 7) is 3.38. The fraction of sp³-hybridized carbons (Fsp3) is 0.533. The van der Waals surface area contributed by atoms with E-state index in [9.17, 15) is 9.18 Å². The number of halogens is 3. The second-order valence-corrected chi connectivity index (χ2v) is 5.86. The summed E-state index contributed by atoms with van der Waals surface area (Å²) in [5, 5.41) is 0.309. The molecule has 1 aromatic rings. The normalized spacial score (nSPS) is 17.2. The number of nitrogens with zero attached hydrogens (tertiary/aromatic N) is 1. The molecule has 0 saturated carbocycles. The average molecular weight is 335 g/mol. The Balaban J connectivity index is 0.00000220. The molecule has 2 rings (SSSR count). The van der Waals surface area contributed by atoms with Gasteiger partial charge < -0.3 is 10.6 Å². The van der Waals surface area contributed by atoms with Crippen LogP contribution < -0.4 is 5.73 Å². The Morgan fingerprint density at radius 3 is 2.62 bits per heavy atom. The van der Waals surface area contributed by atoms with E-state index >= 15 is 0 Å². The van der Waals surface area contributed by atoms with E-state index in [1.165, 1.54) is 6.07 Å². The van der Waals surface area contributed by atoms with Gasteiger partial charge in [0.25, 0.3) is 0 Å². The molecule has 1 fully saturated rings. The smallest absolute Gasteiger partial charge is 0.227 e. The molecule has 0 bridgehead atoms. The minimum absolute atomic E-state index is 0. The zero-order valence-corrected chi connectivity index (χ0v) is 13.6. The topological polar surface area (TPSA) is 46.3 Å². The lowest BCUT2D eigenvalue weighted by Gasteiger charge is -2.33. The quantitative estimate of drug-likeness (QED) is 0.923. The van der Waals surface area contributed by atoms with E-state index in [4.69, 9.17) is 17.3 Å². The molecule has 1 aromatic carbocycles. The summed E-state index contributed by atoms with van der Waals surface area (Å²) in [4.78, 5) is 14.0. The van der Waals surface area contributed by atoms with Crippen molar-refractivity contribution < 1.29 is 9.18 Å². The maximum absolute atomic E-state index is 13.7. The second kappa shape index (κ2) is 7.97. The Hall–Kier alpha value is -0.840. The van der Waals surface area contributed by atoms with Gasteiger partial charge in [-0.1, -0.05) is 17.7 Å². The highest BCUT2D eigenvalue weighted by Crippen LogP contribution is 2.23. The van der Waals surface area contributed by atoms with E-state index in [0.717, 1.165) is 12.8 Å². The van der Waals surface area contributed by atoms with E-state index < -0.39 is 5.82 Å². The summed E-state index contributed by atoms with van der Waals surface area (Å²) in [6, 6.07) is 4.64. The molecule has 6 heteroatoms. The molecule has 118 valence electrons. The minimum atomic E-state index is -0.420. The molecule has 0 spiro atoms. The number of hydrogen-bond acceptors (Lipinski definition) is 2. The number of likely N-dealkylation sites (tertiary alicyclic amines) is 1. The van der Waals surface area contributed by atoms with Gasteiger partial charge in [0, 0.05) is 29.7 Å². The highest BCUT2D eigenvalue weighted by atomic mass is 35.5. The van der Waals surface area contributed by atoms with Gasteiger partial charge in [0.15, 0.2) is 0 Å². The van der Waals surface area contributed by atoms with Gasteiger partial charge in [-0.05, 0) is 37.8 Å². The summed E-state index contributed by atoms with van der Waals surface area (Å²) < 4.78 is 13.7. The number of hydrogen-bond donors (Lipinski definition) is 1. The van der Waals surface area contributed by atoms with Crippen LogP contribution in [0.4, 0.5) is 4.39 Å². The van der Waals surface area contributed by atoms with Gasteiger partial charge in [0.1, 0.15) is 5.82 Å². The number of piperidine rings is 1. The third kappa shape index (κ3) is 4.56. The maximum Gasteiger partial charge on any atom is 0.227 e. The Morgan fingerprint density at radius 2 is 2.10 bits per heavy atom. The molecule has 1 amide bonds. The average Bonchev–Trinajstić information content (AvgIpc) is 2.43. The van der Waals surface area contributed by atoms with Gasteiger partial charge >= 0.3 is 0 Å². The summed E-state index contributed by atoms with van der Waals surface area (Å²) in [6.07, 6.45) is 1.84. The van der Waals surface area contributed by atoms with Crippen molar-refractivity contribution in [3.8, 4) is 0 Å². The van der Waals surface area contributed by atoms with Gasteiger partial charge in [0.05, 0.1) is 6.42 Å².